The Hall–Kier alpha value is -0.680. The van der Waals surface area contributed by atoms with Crippen LogP contribution in [0.1, 0.15) is 6.92 Å². The van der Waals surface area contributed by atoms with E-state index in [2.05, 4.69) is 16.6 Å². The van der Waals surface area contributed by atoms with Gasteiger partial charge in [-0.25, -0.2) is 0 Å². The average molecular weight is 147 g/mol. The van der Waals surface area contributed by atoms with E-state index in [0.29, 0.717) is 0 Å². The summed E-state index contributed by atoms with van der Waals surface area (Å²) in [5, 5.41) is 0. The lowest BCUT2D eigenvalue weighted by atomic mass is 10.6. The van der Waals surface area contributed by atoms with Crippen LogP contribution in [-0.4, -0.2) is 18.5 Å². The molecule has 0 aliphatic carbocycles. The van der Waals surface area contributed by atoms with Crippen molar-refractivity contribution in [3.63, 3.8) is 0 Å². The smallest absolute Gasteiger partial charge is 0.303 e. The van der Waals surface area contributed by atoms with Crippen molar-refractivity contribution in [1.82, 2.24) is 0 Å². The second kappa shape index (κ2) is 5.46. The van der Waals surface area contributed by atoms with Crippen molar-refractivity contribution in [1.29, 1.82) is 0 Å². The van der Waals surface area contributed by atoms with E-state index in [-0.39, 0.29) is 18.5 Å². The number of ether oxygens (including phenoxy) is 1. The van der Waals surface area contributed by atoms with Crippen LogP contribution < -0.4 is 0 Å². The van der Waals surface area contributed by atoms with E-state index in [4.69, 9.17) is 11.6 Å². The van der Waals surface area contributed by atoms with Gasteiger partial charge in [0.15, 0.2) is 6.61 Å². The normalized spacial score (nSPS) is 7.33. The van der Waals surface area contributed by atoms with Crippen LogP contribution in [0.15, 0.2) is 0 Å². The third kappa shape index (κ3) is 7.32. The molecule has 0 heterocycles. The first kappa shape index (κ1) is 8.32. The molecule has 0 spiro atoms. The molecule has 2 nitrogen and oxygen atoms in total. The van der Waals surface area contributed by atoms with Crippen molar-refractivity contribution in [3.8, 4) is 11.8 Å². The SMILES string of the molecule is CC(=O)OCC#CCCl. The fourth-order valence-corrected chi connectivity index (χ4v) is 0.330. The van der Waals surface area contributed by atoms with E-state index in [1.807, 2.05) is 0 Å². The summed E-state index contributed by atoms with van der Waals surface area (Å²) in [4.78, 5) is 10.1. The Labute approximate surface area is 59.1 Å². The summed E-state index contributed by atoms with van der Waals surface area (Å²) >= 11 is 5.20. The van der Waals surface area contributed by atoms with Gasteiger partial charge in [-0.3, -0.25) is 4.79 Å². The summed E-state index contributed by atoms with van der Waals surface area (Å²) < 4.78 is 4.47. The molecule has 0 aliphatic heterocycles. The van der Waals surface area contributed by atoms with E-state index >= 15 is 0 Å². The molecular formula is C6H7ClO2. The zero-order valence-electron chi connectivity index (χ0n) is 5.11. The molecule has 0 atom stereocenters. The first-order valence-corrected chi connectivity index (χ1v) is 2.96. The van der Waals surface area contributed by atoms with Crippen molar-refractivity contribution in [2.75, 3.05) is 12.5 Å². The summed E-state index contributed by atoms with van der Waals surface area (Å²) in [7, 11) is 0. The van der Waals surface area contributed by atoms with Crippen molar-refractivity contribution in [2.45, 2.75) is 6.92 Å². The third-order valence-corrected chi connectivity index (χ3v) is 0.673. The van der Waals surface area contributed by atoms with Crippen LogP contribution in [0.4, 0.5) is 0 Å². The summed E-state index contributed by atoms with van der Waals surface area (Å²) in [6, 6.07) is 0. The number of carbonyl (C=O) groups is 1. The van der Waals surface area contributed by atoms with Gasteiger partial charge >= 0.3 is 5.97 Å². The third-order valence-electron chi connectivity index (χ3n) is 0.539. The molecule has 0 unspecified atom stereocenters. The topological polar surface area (TPSA) is 26.3 Å². The van der Waals surface area contributed by atoms with Crippen molar-refractivity contribution >= 4 is 17.6 Å². The molecule has 0 saturated carbocycles. The number of esters is 1. The van der Waals surface area contributed by atoms with E-state index in [1.54, 1.807) is 0 Å². The molecule has 0 radical (unpaired) electrons. The first-order valence-electron chi connectivity index (χ1n) is 2.42. The van der Waals surface area contributed by atoms with Gasteiger partial charge in [-0.2, -0.15) is 0 Å². The van der Waals surface area contributed by atoms with Gasteiger partial charge in [-0.1, -0.05) is 11.8 Å². The zero-order chi connectivity index (χ0) is 7.11. The van der Waals surface area contributed by atoms with Crippen molar-refractivity contribution in [2.24, 2.45) is 0 Å². The lowest BCUT2D eigenvalue weighted by Crippen LogP contribution is -1.97. The van der Waals surface area contributed by atoms with Crippen molar-refractivity contribution < 1.29 is 9.53 Å². The number of hydrogen-bond donors (Lipinski definition) is 0. The summed E-state index contributed by atoms with van der Waals surface area (Å²) in [6.45, 7) is 1.48. The molecule has 0 aliphatic rings. The van der Waals surface area contributed by atoms with Crippen LogP contribution in [0.3, 0.4) is 0 Å². The molecule has 0 N–H and O–H groups in total. The highest BCUT2D eigenvalue weighted by Crippen LogP contribution is 1.73. The van der Waals surface area contributed by atoms with E-state index in [0.717, 1.165) is 0 Å². The van der Waals surface area contributed by atoms with Crippen LogP contribution >= 0.6 is 11.6 Å². The van der Waals surface area contributed by atoms with Crippen LogP contribution in [0.25, 0.3) is 0 Å². The van der Waals surface area contributed by atoms with Crippen LogP contribution in [0, 0.1) is 11.8 Å². The van der Waals surface area contributed by atoms with Gasteiger partial charge in [0, 0.05) is 6.92 Å². The quantitative estimate of drug-likeness (QED) is 0.311. The second-order valence-corrected chi connectivity index (χ2v) is 1.53. The second-order valence-electron chi connectivity index (χ2n) is 1.27. The van der Waals surface area contributed by atoms with Crippen molar-refractivity contribution in [3.05, 3.63) is 0 Å². The Balaban J connectivity index is 3.19. The lowest BCUT2D eigenvalue weighted by molar-refractivity contribution is -0.139. The molecule has 50 valence electrons. The molecule has 0 fully saturated rings. The minimum atomic E-state index is -0.320. The molecule has 0 saturated heterocycles. The highest BCUT2D eigenvalue weighted by Gasteiger charge is 1.84. The average Bonchev–Trinajstić information content (AvgIpc) is 1.80. The maximum Gasteiger partial charge on any atom is 0.303 e. The number of alkyl halides is 1. The number of rotatable bonds is 1. The molecule has 0 aromatic heterocycles. The molecule has 9 heavy (non-hydrogen) atoms. The predicted molar refractivity (Wildman–Crippen MR) is 35.1 cm³/mol. The van der Waals surface area contributed by atoms with Gasteiger partial charge in [0.05, 0.1) is 5.88 Å². The van der Waals surface area contributed by atoms with Gasteiger partial charge in [-0.15, -0.1) is 11.6 Å². The number of halogens is 1. The summed E-state index contributed by atoms with van der Waals surface area (Å²) in [6.07, 6.45) is 0. The first-order chi connectivity index (χ1) is 4.27. The number of hydrogen-bond acceptors (Lipinski definition) is 2. The predicted octanol–water partition coefficient (Wildman–Crippen LogP) is 0.792. The minimum absolute atomic E-state index is 0.141. The monoisotopic (exact) mass is 146 g/mol. The maximum absolute atomic E-state index is 10.1. The fourth-order valence-electron chi connectivity index (χ4n) is 0.236. The van der Waals surface area contributed by atoms with E-state index in [9.17, 15) is 4.79 Å². The van der Waals surface area contributed by atoms with Gasteiger partial charge < -0.3 is 4.74 Å². The van der Waals surface area contributed by atoms with Gasteiger partial charge in [0.1, 0.15) is 0 Å². The standard InChI is InChI=1S/C6H7ClO2/c1-6(8)9-5-3-2-4-7/h4-5H2,1H3. The summed E-state index contributed by atoms with van der Waals surface area (Å²) in [5.41, 5.74) is 0. The van der Waals surface area contributed by atoms with Gasteiger partial charge in [0.2, 0.25) is 0 Å². The van der Waals surface area contributed by atoms with Crippen LogP contribution in [0.2, 0.25) is 0 Å². The Bertz CT molecular complexity index is 143. The Morgan fingerprint density at radius 3 is 2.78 bits per heavy atom. The summed E-state index contributed by atoms with van der Waals surface area (Å²) in [5.74, 6) is 5.04. The Morgan fingerprint density at radius 1 is 1.67 bits per heavy atom. The highest BCUT2D eigenvalue weighted by atomic mass is 35.5. The molecule has 0 amide bonds. The Morgan fingerprint density at radius 2 is 2.33 bits per heavy atom. The van der Waals surface area contributed by atoms with Gasteiger partial charge in [0.25, 0.3) is 0 Å². The zero-order valence-corrected chi connectivity index (χ0v) is 5.86. The molecule has 3 heteroatoms. The van der Waals surface area contributed by atoms with Crippen LogP contribution in [0.5, 0.6) is 0 Å². The molecule has 0 bridgehead atoms. The lowest BCUT2D eigenvalue weighted by Gasteiger charge is -1.89. The fraction of sp³-hybridized carbons (Fsp3) is 0.500. The molecular weight excluding hydrogens is 140 g/mol. The molecule has 0 aromatic rings. The maximum atomic E-state index is 10.1. The minimum Gasteiger partial charge on any atom is -0.453 e. The highest BCUT2D eigenvalue weighted by molar-refractivity contribution is 6.19. The van der Waals surface area contributed by atoms with Crippen LogP contribution in [-0.2, 0) is 9.53 Å². The van der Waals surface area contributed by atoms with Gasteiger partial charge in [-0.05, 0) is 0 Å². The molecule has 0 rings (SSSR count). The molecule has 0 aromatic carbocycles. The number of carbonyl (C=O) groups excluding carboxylic acids is 1. The largest absolute Gasteiger partial charge is 0.453 e. The Kier molecular flexibility index (Phi) is 5.04. The van der Waals surface area contributed by atoms with E-state index < -0.39 is 0 Å². The van der Waals surface area contributed by atoms with E-state index in [1.165, 1.54) is 6.92 Å².